The molecular weight excluding hydrogens is 295 g/mol. The van der Waals surface area contributed by atoms with Crippen molar-refractivity contribution >= 4 is 5.91 Å². The predicted octanol–water partition coefficient (Wildman–Crippen LogP) is 1.92. The van der Waals surface area contributed by atoms with Gasteiger partial charge >= 0.3 is 0 Å². The molecule has 23 heavy (non-hydrogen) atoms. The number of alkyl halides is 1. The molecule has 2 N–H and O–H groups in total. The van der Waals surface area contributed by atoms with Crippen LogP contribution < -0.4 is 10.6 Å². The summed E-state index contributed by atoms with van der Waals surface area (Å²) in [6.07, 6.45) is -0.353. The van der Waals surface area contributed by atoms with Crippen LogP contribution in [0.3, 0.4) is 0 Å². The van der Waals surface area contributed by atoms with Crippen molar-refractivity contribution in [2.24, 2.45) is 0 Å². The molecule has 5 nitrogen and oxygen atoms in total. The second kappa shape index (κ2) is 6.50. The molecule has 1 aliphatic rings. The summed E-state index contributed by atoms with van der Waals surface area (Å²) < 4.78 is 14.9. The summed E-state index contributed by atoms with van der Waals surface area (Å²) >= 11 is 0. The van der Waals surface area contributed by atoms with E-state index in [-0.39, 0.29) is 11.9 Å². The predicted molar refractivity (Wildman–Crippen MR) is 86.7 cm³/mol. The lowest BCUT2D eigenvalue weighted by Gasteiger charge is -2.11. The Hall–Kier alpha value is -2.21. The van der Waals surface area contributed by atoms with Gasteiger partial charge in [0.2, 0.25) is 0 Å². The second-order valence-electron chi connectivity index (χ2n) is 6.03. The molecule has 6 heteroatoms. The zero-order chi connectivity index (χ0) is 16.4. The minimum Gasteiger partial charge on any atom is -0.350 e. The Morgan fingerprint density at radius 3 is 2.70 bits per heavy atom. The van der Waals surface area contributed by atoms with E-state index in [4.69, 9.17) is 0 Å². The van der Waals surface area contributed by atoms with Crippen LogP contribution in [-0.4, -0.2) is 41.0 Å². The topological polar surface area (TPSA) is 59.0 Å². The molecule has 0 bridgehead atoms. The Bertz CT molecular complexity index is 695. The summed E-state index contributed by atoms with van der Waals surface area (Å²) in [5.74, 6) is -0.144. The van der Waals surface area contributed by atoms with Gasteiger partial charge in [-0.15, -0.1) is 0 Å². The van der Waals surface area contributed by atoms with Gasteiger partial charge in [0.1, 0.15) is 6.17 Å². The normalized spacial score (nSPS) is 20.7. The molecule has 2 atom stereocenters. The van der Waals surface area contributed by atoms with Crippen LogP contribution in [0.5, 0.6) is 0 Å². The third kappa shape index (κ3) is 3.59. The molecule has 1 aromatic heterocycles. The number of benzene rings is 1. The van der Waals surface area contributed by atoms with Crippen molar-refractivity contribution in [2.45, 2.75) is 32.5 Å². The van der Waals surface area contributed by atoms with Crippen LogP contribution in [0, 0.1) is 13.8 Å². The highest BCUT2D eigenvalue weighted by atomic mass is 19.1. The summed E-state index contributed by atoms with van der Waals surface area (Å²) in [4.78, 5) is 12.1. The average Bonchev–Trinajstić information content (AvgIpc) is 3.10. The van der Waals surface area contributed by atoms with Crippen LogP contribution >= 0.6 is 0 Å². The molecule has 2 aromatic rings. The zero-order valence-corrected chi connectivity index (χ0v) is 13.3. The highest BCUT2D eigenvalue weighted by Gasteiger charge is 2.23. The van der Waals surface area contributed by atoms with Crippen LogP contribution in [0.25, 0.3) is 5.69 Å². The van der Waals surface area contributed by atoms with E-state index in [2.05, 4.69) is 15.7 Å². The summed E-state index contributed by atoms with van der Waals surface area (Å²) in [5.41, 5.74) is 3.52. The molecule has 0 spiro atoms. The molecule has 1 fully saturated rings. The average molecular weight is 316 g/mol. The number of amides is 1. The third-order valence-electron chi connectivity index (χ3n) is 4.06. The maximum Gasteiger partial charge on any atom is 0.251 e. The van der Waals surface area contributed by atoms with Gasteiger partial charge in [-0.3, -0.25) is 4.79 Å². The van der Waals surface area contributed by atoms with Gasteiger partial charge in [-0.05, 0) is 50.6 Å². The van der Waals surface area contributed by atoms with Crippen molar-refractivity contribution in [3.63, 3.8) is 0 Å². The van der Waals surface area contributed by atoms with Gasteiger partial charge in [-0.25, -0.2) is 9.07 Å². The first-order valence-corrected chi connectivity index (χ1v) is 7.82. The maximum atomic E-state index is 13.1. The molecule has 1 amide bonds. The number of nitrogens with zero attached hydrogens (tertiary/aromatic N) is 2. The Labute approximate surface area is 134 Å². The van der Waals surface area contributed by atoms with Gasteiger partial charge < -0.3 is 10.6 Å². The first-order chi connectivity index (χ1) is 11.0. The van der Waals surface area contributed by atoms with Crippen molar-refractivity contribution in [1.29, 1.82) is 0 Å². The quantitative estimate of drug-likeness (QED) is 0.906. The van der Waals surface area contributed by atoms with Gasteiger partial charge in [-0.1, -0.05) is 0 Å². The van der Waals surface area contributed by atoms with Crippen LogP contribution in [0.1, 0.15) is 28.2 Å². The number of rotatable bonds is 4. The van der Waals surface area contributed by atoms with Gasteiger partial charge in [0.15, 0.2) is 0 Å². The molecule has 0 aliphatic carbocycles. The number of hydrogen-bond donors (Lipinski definition) is 2. The highest BCUT2D eigenvalue weighted by molar-refractivity contribution is 5.94. The fourth-order valence-electron chi connectivity index (χ4n) is 2.89. The van der Waals surface area contributed by atoms with Crippen molar-refractivity contribution in [1.82, 2.24) is 20.4 Å². The number of nitrogens with one attached hydrogen (secondary N) is 2. The van der Waals surface area contributed by atoms with Crippen molar-refractivity contribution in [2.75, 3.05) is 13.1 Å². The SMILES string of the molecule is Cc1cc(C)n(-c2ccc(C(=O)NCC3CC(F)CN3)cc2)n1. The first-order valence-electron chi connectivity index (χ1n) is 7.82. The van der Waals surface area contributed by atoms with E-state index in [1.54, 1.807) is 12.1 Å². The lowest BCUT2D eigenvalue weighted by molar-refractivity contribution is 0.0950. The minimum absolute atomic E-state index is 0.0166. The summed E-state index contributed by atoms with van der Waals surface area (Å²) in [6.45, 7) is 4.76. The standard InChI is InChI=1S/C17H21FN4O/c1-11-7-12(2)22(21-11)16-5-3-13(4-6-16)17(23)20-10-15-8-14(18)9-19-15/h3-7,14-15,19H,8-10H2,1-2H3,(H,20,23). The van der Waals surface area contributed by atoms with Crippen LogP contribution in [0.4, 0.5) is 4.39 Å². The second-order valence-corrected chi connectivity index (χ2v) is 6.03. The lowest BCUT2D eigenvalue weighted by atomic mass is 10.1. The lowest BCUT2D eigenvalue weighted by Crippen LogP contribution is -2.37. The van der Waals surface area contributed by atoms with E-state index in [1.807, 2.05) is 36.7 Å². The number of carbonyl (C=O) groups is 1. The molecule has 1 aromatic carbocycles. The summed E-state index contributed by atoms with van der Waals surface area (Å²) in [5, 5.41) is 10.3. The van der Waals surface area contributed by atoms with Crippen molar-refractivity contribution in [3.05, 3.63) is 47.3 Å². The van der Waals surface area contributed by atoms with Crippen LogP contribution in [0.2, 0.25) is 0 Å². The molecule has 1 aliphatic heterocycles. The number of aryl methyl sites for hydroxylation is 2. The smallest absolute Gasteiger partial charge is 0.251 e. The van der Waals surface area contributed by atoms with Crippen molar-refractivity contribution in [3.8, 4) is 5.69 Å². The van der Waals surface area contributed by atoms with E-state index < -0.39 is 6.17 Å². The molecule has 2 heterocycles. The fraction of sp³-hybridized carbons (Fsp3) is 0.412. The third-order valence-corrected chi connectivity index (χ3v) is 4.06. The Kier molecular flexibility index (Phi) is 4.43. The Morgan fingerprint density at radius 2 is 2.13 bits per heavy atom. The number of carbonyl (C=O) groups excluding carboxylic acids is 1. The molecule has 2 unspecified atom stereocenters. The largest absolute Gasteiger partial charge is 0.350 e. The van der Waals surface area contributed by atoms with E-state index in [0.717, 1.165) is 17.1 Å². The Balaban J connectivity index is 1.62. The van der Waals surface area contributed by atoms with Gasteiger partial charge in [0.25, 0.3) is 5.91 Å². The minimum atomic E-state index is -0.808. The van der Waals surface area contributed by atoms with E-state index in [0.29, 0.717) is 25.1 Å². The Morgan fingerprint density at radius 1 is 1.39 bits per heavy atom. The van der Waals surface area contributed by atoms with Gasteiger partial charge in [0.05, 0.1) is 11.4 Å². The van der Waals surface area contributed by atoms with Crippen LogP contribution in [0.15, 0.2) is 30.3 Å². The molecule has 122 valence electrons. The molecule has 1 saturated heterocycles. The number of hydrogen-bond acceptors (Lipinski definition) is 3. The molecular formula is C17H21FN4O. The summed E-state index contributed by atoms with van der Waals surface area (Å²) in [6, 6.07) is 9.33. The molecule has 0 saturated carbocycles. The summed E-state index contributed by atoms with van der Waals surface area (Å²) in [7, 11) is 0. The number of halogens is 1. The molecule has 3 rings (SSSR count). The van der Waals surface area contributed by atoms with E-state index in [1.165, 1.54) is 0 Å². The van der Waals surface area contributed by atoms with E-state index in [9.17, 15) is 9.18 Å². The van der Waals surface area contributed by atoms with Crippen LogP contribution in [-0.2, 0) is 0 Å². The monoisotopic (exact) mass is 316 g/mol. The maximum absolute atomic E-state index is 13.1. The van der Waals surface area contributed by atoms with Gasteiger partial charge in [0, 0.05) is 30.4 Å². The number of aromatic nitrogens is 2. The highest BCUT2D eigenvalue weighted by Crippen LogP contribution is 2.13. The zero-order valence-electron chi connectivity index (χ0n) is 13.3. The fourth-order valence-corrected chi connectivity index (χ4v) is 2.89. The molecule has 0 radical (unpaired) electrons. The van der Waals surface area contributed by atoms with E-state index >= 15 is 0 Å². The first kappa shape index (κ1) is 15.7. The van der Waals surface area contributed by atoms with Gasteiger partial charge in [-0.2, -0.15) is 5.10 Å². The van der Waals surface area contributed by atoms with Crippen molar-refractivity contribution < 1.29 is 9.18 Å².